The number of hydrogen-bond acceptors (Lipinski definition) is 2. The molecule has 0 spiro atoms. The molecule has 2 aromatic rings. The number of anilines is 1. The molecule has 2 aromatic carbocycles. The normalized spacial score (nSPS) is 10.3. The summed E-state index contributed by atoms with van der Waals surface area (Å²) in [6.07, 6.45) is 1.02. The van der Waals surface area contributed by atoms with Gasteiger partial charge in [-0.25, -0.2) is 0 Å². The van der Waals surface area contributed by atoms with Gasteiger partial charge in [0.25, 0.3) is 0 Å². The zero-order chi connectivity index (χ0) is 15.9. The average Bonchev–Trinajstić information content (AvgIpc) is 2.49. The van der Waals surface area contributed by atoms with E-state index in [0.29, 0.717) is 35.2 Å². The predicted molar refractivity (Wildman–Crippen MR) is 91.0 cm³/mol. The highest BCUT2D eigenvalue weighted by molar-refractivity contribution is 6.31. The first-order valence-corrected chi connectivity index (χ1v) is 7.74. The van der Waals surface area contributed by atoms with Gasteiger partial charge in [0.2, 0.25) is 5.91 Å². The summed E-state index contributed by atoms with van der Waals surface area (Å²) in [5.41, 5.74) is 1.69. The number of halogens is 2. The number of hydrogen-bond donors (Lipinski definition) is 1. The fourth-order valence-corrected chi connectivity index (χ4v) is 2.15. The van der Waals surface area contributed by atoms with Crippen molar-refractivity contribution < 1.29 is 9.53 Å². The van der Waals surface area contributed by atoms with Gasteiger partial charge in [-0.2, -0.15) is 0 Å². The Morgan fingerprint density at radius 3 is 2.55 bits per heavy atom. The van der Waals surface area contributed by atoms with E-state index in [1.165, 1.54) is 0 Å². The van der Waals surface area contributed by atoms with E-state index >= 15 is 0 Å². The molecule has 1 amide bonds. The van der Waals surface area contributed by atoms with E-state index in [1.54, 1.807) is 30.3 Å². The van der Waals surface area contributed by atoms with Crippen molar-refractivity contribution in [3.8, 4) is 5.75 Å². The van der Waals surface area contributed by atoms with Gasteiger partial charge in [-0.05, 0) is 55.3 Å². The second-order valence-electron chi connectivity index (χ2n) is 4.92. The number of rotatable bonds is 6. The molecule has 0 aliphatic carbocycles. The lowest BCUT2D eigenvalue weighted by atomic mass is 10.2. The second kappa shape index (κ2) is 8.06. The Kier molecular flexibility index (Phi) is 6.10. The summed E-state index contributed by atoms with van der Waals surface area (Å²) < 4.78 is 5.54. The first-order valence-electron chi connectivity index (χ1n) is 6.99. The van der Waals surface area contributed by atoms with Crippen LogP contribution in [0.1, 0.15) is 18.4 Å². The molecular weight excluding hydrogens is 321 g/mol. The van der Waals surface area contributed by atoms with E-state index in [9.17, 15) is 4.79 Å². The van der Waals surface area contributed by atoms with Crippen LogP contribution in [0.4, 0.5) is 5.69 Å². The van der Waals surface area contributed by atoms with Gasteiger partial charge in [0.05, 0.1) is 6.61 Å². The number of carbonyl (C=O) groups excluding carboxylic acids is 1. The van der Waals surface area contributed by atoms with E-state index in [-0.39, 0.29) is 5.91 Å². The Labute approximate surface area is 140 Å². The number of carbonyl (C=O) groups is 1. The zero-order valence-electron chi connectivity index (χ0n) is 12.2. The Morgan fingerprint density at radius 1 is 1.14 bits per heavy atom. The molecule has 0 unspecified atom stereocenters. The average molecular weight is 338 g/mol. The second-order valence-corrected chi connectivity index (χ2v) is 5.76. The zero-order valence-corrected chi connectivity index (χ0v) is 13.7. The van der Waals surface area contributed by atoms with Crippen LogP contribution in [0, 0.1) is 6.92 Å². The maximum Gasteiger partial charge on any atom is 0.224 e. The lowest BCUT2D eigenvalue weighted by Crippen LogP contribution is -2.12. The molecule has 0 saturated heterocycles. The fraction of sp³-hybridized carbons (Fsp3) is 0.235. The molecule has 22 heavy (non-hydrogen) atoms. The van der Waals surface area contributed by atoms with Crippen molar-refractivity contribution in [1.82, 2.24) is 0 Å². The van der Waals surface area contributed by atoms with Gasteiger partial charge in [0.15, 0.2) is 0 Å². The first-order chi connectivity index (χ1) is 10.5. The molecule has 116 valence electrons. The lowest BCUT2D eigenvalue weighted by Gasteiger charge is -2.08. The first kappa shape index (κ1) is 16.7. The molecule has 0 fully saturated rings. The minimum absolute atomic E-state index is 0.0559. The van der Waals surface area contributed by atoms with Crippen molar-refractivity contribution in [2.75, 3.05) is 11.9 Å². The molecule has 1 N–H and O–H groups in total. The molecule has 3 nitrogen and oxygen atoms in total. The van der Waals surface area contributed by atoms with E-state index in [0.717, 1.165) is 11.3 Å². The quantitative estimate of drug-likeness (QED) is 0.744. The van der Waals surface area contributed by atoms with Gasteiger partial charge in [0, 0.05) is 22.2 Å². The van der Waals surface area contributed by atoms with Crippen LogP contribution >= 0.6 is 23.2 Å². The van der Waals surface area contributed by atoms with Crippen molar-refractivity contribution in [3.05, 3.63) is 58.1 Å². The third kappa shape index (κ3) is 5.24. The Bertz CT molecular complexity index is 642. The Balaban J connectivity index is 1.71. The number of aryl methyl sites for hydroxylation is 1. The maximum absolute atomic E-state index is 11.8. The number of amides is 1. The summed E-state index contributed by atoms with van der Waals surface area (Å²) in [7, 11) is 0. The minimum atomic E-state index is -0.0559. The summed E-state index contributed by atoms with van der Waals surface area (Å²) in [5.74, 6) is 0.690. The van der Waals surface area contributed by atoms with Gasteiger partial charge >= 0.3 is 0 Å². The van der Waals surface area contributed by atoms with Crippen molar-refractivity contribution in [1.29, 1.82) is 0 Å². The molecule has 0 atom stereocenters. The molecule has 0 bridgehead atoms. The van der Waals surface area contributed by atoms with Crippen LogP contribution in [-0.4, -0.2) is 12.5 Å². The summed E-state index contributed by atoms with van der Waals surface area (Å²) in [6.45, 7) is 2.39. The summed E-state index contributed by atoms with van der Waals surface area (Å²) in [5, 5.41) is 4.13. The van der Waals surface area contributed by atoms with Crippen LogP contribution in [0.2, 0.25) is 10.0 Å². The van der Waals surface area contributed by atoms with Crippen molar-refractivity contribution >= 4 is 34.8 Å². The summed E-state index contributed by atoms with van der Waals surface area (Å²) >= 11 is 11.8. The van der Waals surface area contributed by atoms with Gasteiger partial charge in [0.1, 0.15) is 5.75 Å². The molecule has 0 aliphatic heterocycles. The number of ether oxygens (including phenoxy) is 1. The van der Waals surface area contributed by atoms with Crippen molar-refractivity contribution in [2.24, 2.45) is 0 Å². The summed E-state index contributed by atoms with van der Waals surface area (Å²) in [6, 6.07) is 12.6. The van der Waals surface area contributed by atoms with Crippen molar-refractivity contribution in [2.45, 2.75) is 19.8 Å². The monoisotopic (exact) mass is 337 g/mol. The van der Waals surface area contributed by atoms with Gasteiger partial charge in [-0.1, -0.05) is 29.3 Å². The third-order valence-electron chi connectivity index (χ3n) is 3.09. The molecule has 5 heteroatoms. The van der Waals surface area contributed by atoms with E-state index in [2.05, 4.69) is 5.32 Å². The molecule has 0 aromatic heterocycles. The van der Waals surface area contributed by atoms with Gasteiger partial charge in [-0.15, -0.1) is 0 Å². The van der Waals surface area contributed by atoms with Crippen LogP contribution in [0.3, 0.4) is 0 Å². The number of benzene rings is 2. The molecule has 0 saturated carbocycles. The van der Waals surface area contributed by atoms with Gasteiger partial charge < -0.3 is 10.1 Å². The highest BCUT2D eigenvalue weighted by Gasteiger charge is 2.04. The van der Waals surface area contributed by atoms with Crippen LogP contribution in [-0.2, 0) is 4.79 Å². The Morgan fingerprint density at radius 2 is 1.86 bits per heavy atom. The SMILES string of the molecule is Cc1ccc(NC(=O)CCCOc2ccc(Cl)cc2)cc1Cl. The van der Waals surface area contributed by atoms with E-state index in [1.807, 2.05) is 19.1 Å². The van der Waals surface area contributed by atoms with Crippen LogP contribution < -0.4 is 10.1 Å². The third-order valence-corrected chi connectivity index (χ3v) is 3.75. The van der Waals surface area contributed by atoms with Crippen molar-refractivity contribution in [3.63, 3.8) is 0 Å². The van der Waals surface area contributed by atoms with E-state index < -0.39 is 0 Å². The lowest BCUT2D eigenvalue weighted by molar-refractivity contribution is -0.116. The summed E-state index contributed by atoms with van der Waals surface area (Å²) in [4.78, 5) is 11.8. The van der Waals surface area contributed by atoms with Gasteiger partial charge in [-0.3, -0.25) is 4.79 Å². The maximum atomic E-state index is 11.8. The van der Waals surface area contributed by atoms with Crippen LogP contribution in [0.25, 0.3) is 0 Å². The fourth-order valence-electron chi connectivity index (χ4n) is 1.85. The highest BCUT2D eigenvalue weighted by Crippen LogP contribution is 2.20. The molecule has 0 aliphatic rings. The Hall–Kier alpha value is -1.71. The molecule has 2 rings (SSSR count). The standard InChI is InChI=1S/C17H17Cl2NO2/c1-12-4-7-14(11-16(12)19)20-17(21)3-2-10-22-15-8-5-13(18)6-9-15/h4-9,11H,2-3,10H2,1H3,(H,20,21). The van der Waals surface area contributed by atoms with E-state index in [4.69, 9.17) is 27.9 Å². The minimum Gasteiger partial charge on any atom is -0.494 e. The molecular formula is C17H17Cl2NO2. The number of nitrogens with one attached hydrogen (secondary N) is 1. The topological polar surface area (TPSA) is 38.3 Å². The molecule has 0 heterocycles. The highest BCUT2D eigenvalue weighted by atomic mass is 35.5. The predicted octanol–water partition coefficient (Wildman–Crippen LogP) is 5.10. The van der Waals surface area contributed by atoms with Crippen LogP contribution in [0.15, 0.2) is 42.5 Å². The largest absolute Gasteiger partial charge is 0.494 e. The van der Waals surface area contributed by atoms with Crippen LogP contribution in [0.5, 0.6) is 5.75 Å². The molecule has 0 radical (unpaired) electrons. The smallest absolute Gasteiger partial charge is 0.224 e.